The molecule has 0 aliphatic rings. The number of para-hydroxylation sites is 2. The van der Waals surface area contributed by atoms with Crippen LogP contribution >= 0.6 is 11.3 Å². The largest absolute Gasteiger partial charge is 0.338 e. The Morgan fingerprint density at radius 2 is 2.00 bits per heavy atom. The number of benzene rings is 1. The number of aromatic amines is 1. The quantitative estimate of drug-likeness (QED) is 0.707. The van der Waals surface area contributed by atoms with Gasteiger partial charge in [-0.3, -0.25) is 0 Å². The first kappa shape index (κ1) is 9.36. The third kappa shape index (κ3) is 1.77. The summed E-state index contributed by atoms with van der Waals surface area (Å²) in [5, 5.41) is 2.07. The minimum absolute atomic E-state index is 0.898. The maximum atomic E-state index is 4.47. The number of nitrogens with zero attached hydrogens (tertiary/aromatic N) is 1. The predicted molar refractivity (Wildman–Crippen MR) is 69.3 cm³/mol. The zero-order chi connectivity index (χ0) is 10.8. The zero-order valence-corrected chi connectivity index (χ0v) is 9.37. The molecule has 1 N–H and O–H groups in total. The summed E-state index contributed by atoms with van der Waals surface area (Å²) in [7, 11) is 0. The highest BCUT2D eigenvalue weighted by Crippen LogP contribution is 2.14. The number of hydrogen-bond acceptors (Lipinski definition) is 2. The minimum Gasteiger partial charge on any atom is -0.338 e. The van der Waals surface area contributed by atoms with Crippen molar-refractivity contribution in [2.45, 2.75) is 0 Å². The molecule has 0 bridgehead atoms. The molecule has 16 heavy (non-hydrogen) atoms. The van der Waals surface area contributed by atoms with Gasteiger partial charge in [-0.2, -0.15) is 0 Å². The summed E-state index contributed by atoms with van der Waals surface area (Å²) in [6, 6.07) is 12.2. The van der Waals surface area contributed by atoms with Crippen LogP contribution < -0.4 is 0 Å². The maximum absolute atomic E-state index is 4.47. The fourth-order valence-corrected chi connectivity index (χ4v) is 2.22. The lowest BCUT2D eigenvalue weighted by Crippen LogP contribution is -1.71. The minimum atomic E-state index is 0.898. The van der Waals surface area contributed by atoms with E-state index in [1.807, 2.05) is 36.4 Å². The van der Waals surface area contributed by atoms with Crippen molar-refractivity contribution in [2.24, 2.45) is 0 Å². The number of aromatic nitrogens is 2. The molecule has 0 aliphatic carbocycles. The topological polar surface area (TPSA) is 28.7 Å². The Labute approximate surface area is 97.3 Å². The summed E-state index contributed by atoms with van der Waals surface area (Å²) < 4.78 is 0. The molecule has 2 aromatic heterocycles. The summed E-state index contributed by atoms with van der Waals surface area (Å²) in [4.78, 5) is 8.98. The molecule has 2 nitrogen and oxygen atoms in total. The molecule has 0 aliphatic heterocycles. The van der Waals surface area contributed by atoms with Crippen LogP contribution in [0.4, 0.5) is 0 Å². The average Bonchev–Trinajstić information content (AvgIpc) is 2.95. The highest BCUT2D eigenvalue weighted by molar-refractivity contribution is 7.10. The molecule has 0 radical (unpaired) electrons. The van der Waals surface area contributed by atoms with Crippen LogP contribution in [0.5, 0.6) is 0 Å². The van der Waals surface area contributed by atoms with Gasteiger partial charge in [-0.15, -0.1) is 11.3 Å². The van der Waals surface area contributed by atoms with Crippen LogP contribution in [0, 0.1) is 0 Å². The van der Waals surface area contributed by atoms with Crippen molar-refractivity contribution < 1.29 is 0 Å². The Balaban J connectivity index is 1.95. The van der Waals surface area contributed by atoms with E-state index >= 15 is 0 Å². The van der Waals surface area contributed by atoms with Crippen LogP contribution in [0.25, 0.3) is 23.2 Å². The monoisotopic (exact) mass is 226 g/mol. The van der Waals surface area contributed by atoms with E-state index in [1.54, 1.807) is 11.3 Å². The number of imidazole rings is 1. The molecule has 78 valence electrons. The molecular formula is C13H10N2S. The van der Waals surface area contributed by atoms with Gasteiger partial charge in [0.1, 0.15) is 5.82 Å². The molecule has 0 unspecified atom stereocenters. The van der Waals surface area contributed by atoms with Gasteiger partial charge in [-0.05, 0) is 35.7 Å². The number of nitrogens with one attached hydrogen (secondary N) is 1. The number of hydrogen-bond donors (Lipinski definition) is 1. The van der Waals surface area contributed by atoms with Crippen molar-refractivity contribution in [1.29, 1.82) is 0 Å². The molecule has 1 aromatic carbocycles. The first-order valence-electron chi connectivity index (χ1n) is 5.08. The van der Waals surface area contributed by atoms with Crippen LogP contribution in [-0.2, 0) is 0 Å². The first-order valence-corrected chi connectivity index (χ1v) is 5.96. The second kappa shape index (κ2) is 3.94. The highest BCUT2D eigenvalue weighted by atomic mass is 32.1. The van der Waals surface area contributed by atoms with Gasteiger partial charge in [0.05, 0.1) is 11.0 Å². The van der Waals surface area contributed by atoms with Crippen molar-refractivity contribution in [3.63, 3.8) is 0 Å². The van der Waals surface area contributed by atoms with Crippen molar-refractivity contribution in [2.75, 3.05) is 0 Å². The van der Waals surface area contributed by atoms with E-state index in [0.29, 0.717) is 0 Å². The van der Waals surface area contributed by atoms with Crippen LogP contribution in [0.1, 0.15) is 10.7 Å². The maximum Gasteiger partial charge on any atom is 0.131 e. The number of rotatable bonds is 2. The van der Waals surface area contributed by atoms with E-state index in [9.17, 15) is 0 Å². The molecule has 0 spiro atoms. The SMILES string of the molecule is C(=C\c1cccs1)/c1nc2ccccc2[nH]1. The van der Waals surface area contributed by atoms with Gasteiger partial charge in [0.15, 0.2) is 0 Å². The standard InChI is InChI=1S/C13H10N2S/c1-2-6-12-11(5-1)14-13(15-12)8-7-10-4-3-9-16-10/h1-9H,(H,14,15)/b8-7+. The van der Waals surface area contributed by atoms with Gasteiger partial charge in [-0.25, -0.2) is 4.98 Å². The summed E-state index contributed by atoms with van der Waals surface area (Å²) in [5.41, 5.74) is 2.08. The lowest BCUT2D eigenvalue weighted by Gasteiger charge is -1.83. The molecule has 0 saturated heterocycles. The second-order valence-electron chi connectivity index (χ2n) is 3.49. The molecule has 3 heteroatoms. The Morgan fingerprint density at radius 1 is 1.06 bits per heavy atom. The second-order valence-corrected chi connectivity index (χ2v) is 4.47. The summed E-state index contributed by atoms with van der Waals surface area (Å²) in [5.74, 6) is 0.898. The molecular weight excluding hydrogens is 216 g/mol. The molecule has 0 atom stereocenters. The van der Waals surface area contributed by atoms with Crippen molar-refractivity contribution in [3.8, 4) is 0 Å². The van der Waals surface area contributed by atoms with Gasteiger partial charge < -0.3 is 4.98 Å². The van der Waals surface area contributed by atoms with Crippen molar-refractivity contribution >= 4 is 34.5 Å². The van der Waals surface area contributed by atoms with E-state index in [0.717, 1.165) is 16.9 Å². The first-order chi connectivity index (χ1) is 7.92. The fourth-order valence-electron chi connectivity index (χ4n) is 1.60. The van der Waals surface area contributed by atoms with Crippen molar-refractivity contribution in [3.05, 3.63) is 52.5 Å². The Bertz CT molecular complexity index is 587. The van der Waals surface area contributed by atoms with E-state index in [-0.39, 0.29) is 0 Å². The van der Waals surface area contributed by atoms with E-state index in [2.05, 4.69) is 27.5 Å². The molecule has 0 fully saturated rings. The van der Waals surface area contributed by atoms with Gasteiger partial charge in [0, 0.05) is 4.88 Å². The predicted octanol–water partition coefficient (Wildman–Crippen LogP) is 3.79. The summed E-state index contributed by atoms with van der Waals surface area (Å²) in [6.07, 6.45) is 4.08. The Morgan fingerprint density at radius 3 is 2.81 bits per heavy atom. The van der Waals surface area contributed by atoms with Crippen LogP contribution in [0.15, 0.2) is 41.8 Å². The van der Waals surface area contributed by atoms with Gasteiger partial charge in [0.25, 0.3) is 0 Å². The Hall–Kier alpha value is -1.87. The number of H-pyrrole nitrogens is 1. The number of fused-ring (bicyclic) bond motifs is 1. The van der Waals surface area contributed by atoms with E-state index in [1.165, 1.54) is 4.88 Å². The Kier molecular flexibility index (Phi) is 2.31. The highest BCUT2D eigenvalue weighted by Gasteiger charge is 1.97. The smallest absolute Gasteiger partial charge is 0.131 e. The zero-order valence-electron chi connectivity index (χ0n) is 8.55. The van der Waals surface area contributed by atoms with Crippen molar-refractivity contribution in [1.82, 2.24) is 9.97 Å². The van der Waals surface area contributed by atoms with Gasteiger partial charge in [-0.1, -0.05) is 18.2 Å². The van der Waals surface area contributed by atoms with Crippen LogP contribution in [0.3, 0.4) is 0 Å². The van der Waals surface area contributed by atoms with Gasteiger partial charge >= 0.3 is 0 Å². The normalized spacial score (nSPS) is 11.5. The van der Waals surface area contributed by atoms with Gasteiger partial charge in [0.2, 0.25) is 0 Å². The summed E-state index contributed by atoms with van der Waals surface area (Å²) >= 11 is 1.72. The molecule has 0 amide bonds. The van der Waals surface area contributed by atoms with E-state index < -0.39 is 0 Å². The van der Waals surface area contributed by atoms with Crippen LogP contribution in [-0.4, -0.2) is 9.97 Å². The lowest BCUT2D eigenvalue weighted by atomic mass is 10.3. The van der Waals surface area contributed by atoms with E-state index in [4.69, 9.17) is 0 Å². The average molecular weight is 226 g/mol. The lowest BCUT2D eigenvalue weighted by molar-refractivity contribution is 1.30. The third-order valence-electron chi connectivity index (χ3n) is 2.36. The molecule has 2 heterocycles. The summed E-state index contributed by atoms with van der Waals surface area (Å²) in [6.45, 7) is 0. The molecule has 3 rings (SSSR count). The molecule has 3 aromatic rings. The van der Waals surface area contributed by atoms with Crippen LogP contribution in [0.2, 0.25) is 0 Å². The third-order valence-corrected chi connectivity index (χ3v) is 3.19. The molecule has 0 saturated carbocycles. The number of thiophene rings is 1. The fraction of sp³-hybridized carbons (Fsp3) is 0.